The third-order valence-electron chi connectivity index (χ3n) is 6.11. The summed E-state index contributed by atoms with van der Waals surface area (Å²) in [6.45, 7) is 8.61. The van der Waals surface area contributed by atoms with Gasteiger partial charge in [0.05, 0.1) is 4.90 Å². The van der Waals surface area contributed by atoms with Crippen LogP contribution in [0.2, 0.25) is 0 Å². The van der Waals surface area contributed by atoms with Gasteiger partial charge in [-0.3, -0.25) is 0 Å². The number of benzene rings is 2. The van der Waals surface area contributed by atoms with E-state index in [1.165, 1.54) is 12.1 Å². The fourth-order valence-electron chi connectivity index (χ4n) is 4.62. The highest BCUT2D eigenvalue weighted by atomic mass is 32.2. The van der Waals surface area contributed by atoms with Gasteiger partial charge in [0, 0.05) is 24.7 Å². The second-order valence-electron chi connectivity index (χ2n) is 9.16. The van der Waals surface area contributed by atoms with Crippen molar-refractivity contribution in [2.45, 2.75) is 37.1 Å². The second-order valence-corrected chi connectivity index (χ2v) is 11.0. The zero-order valence-corrected chi connectivity index (χ0v) is 19.9. The van der Waals surface area contributed by atoms with Crippen LogP contribution in [-0.4, -0.2) is 39.7 Å². The maximum absolute atomic E-state index is 13.8. The van der Waals surface area contributed by atoms with Gasteiger partial charge >= 0.3 is 0 Å². The van der Waals surface area contributed by atoms with Gasteiger partial charge in [0.15, 0.2) is 11.5 Å². The Balaban J connectivity index is 1.62. The summed E-state index contributed by atoms with van der Waals surface area (Å²) in [6.07, 6.45) is 1.10. The van der Waals surface area contributed by atoms with Crippen LogP contribution in [0.5, 0.6) is 11.5 Å². The van der Waals surface area contributed by atoms with Crippen molar-refractivity contribution in [3.05, 3.63) is 48.0 Å². The van der Waals surface area contributed by atoms with Crippen LogP contribution in [0.4, 0.5) is 5.88 Å². The zero-order chi connectivity index (χ0) is 23.2. The lowest BCUT2D eigenvalue weighted by atomic mass is 9.92. The van der Waals surface area contributed by atoms with Gasteiger partial charge in [-0.15, -0.1) is 0 Å². The molecular formula is C25H28N2O5S. The Morgan fingerprint density at radius 2 is 1.61 bits per heavy atom. The SMILES string of the molecule is Cc1ccc(-c2nc(S(=O)(=O)c3ccc4c(c3)OCCO4)c(N3CC(C)CC(C)C3)o2)cc1. The number of piperidine rings is 1. The highest BCUT2D eigenvalue weighted by Gasteiger charge is 2.35. The van der Waals surface area contributed by atoms with E-state index in [4.69, 9.17) is 13.9 Å². The molecule has 1 aromatic heterocycles. The molecule has 0 aliphatic carbocycles. The minimum atomic E-state index is -3.96. The first-order valence-electron chi connectivity index (χ1n) is 11.3. The predicted octanol–water partition coefficient (Wildman–Crippen LogP) is 4.74. The maximum Gasteiger partial charge on any atom is 0.236 e. The molecular weight excluding hydrogens is 440 g/mol. The zero-order valence-electron chi connectivity index (χ0n) is 19.1. The lowest BCUT2D eigenvalue weighted by molar-refractivity contribution is 0.171. The largest absolute Gasteiger partial charge is 0.486 e. The quantitative estimate of drug-likeness (QED) is 0.547. The summed E-state index contributed by atoms with van der Waals surface area (Å²) in [6, 6.07) is 12.4. The minimum absolute atomic E-state index is 0.0592. The molecule has 2 atom stereocenters. The number of nitrogens with zero attached hydrogens (tertiary/aromatic N) is 2. The minimum Gasteiger partial charge on any atom is -0.486 e. The van der Waals surface area contributed by atoms with E-state index in [0.717, 1.165) is 30.6 Å². The molecule has 33 heavy (non-hydrogen) atoms. The van der Waals surface area contributed by atoms with E-state index in [-0.39, 0.29) is 9.92 Å². The lowest BCUT2D eigenvalue weighted by Crippen LogP contribution is -2.39. The van der Waals surface area contributed by atoms with Gasteiger partial charge in [0.25, 0.3) is 0 Å². The first-order chi connectivity index (χ1) is 15.8. The van der Waals surface area contributed by atoms with Crippen molar-refractivity contribution in [2.24, 2.45) is 11.8 Å². The molecule has 2 aromatic carbocycles. The van der Waals surface area contributed by atoms with Crippen LogP contribution in [0.1, 0.15) is 25.8 Å². The van der Waals surface area contributed by atoms with E-state index >= 15 is 0 Å². The fourth-order valence-corrected chi connectivity index (χ4v) is 5.96. The average Bonchev–Trinajstić information content (AvgIpc) is 3.25. The second kappa shape index (κ2) is 8.41. The van der Waals surface area contributed by atoms with Crippen LogP contribution < -0.4 is 14.4 Å². The van der Waals surface area contributed by atoms with E-state index < -0.39 is 9.84 Å². The molecule has 5 rings (SSSR count). The average molecular weight is 469 g/mol. The third kappa shape index (κ3) is 4.19. The number of aromatic nitrogens is 1. The van der Waals surface area contributed by atoms with Gasteiger partial charge in [0.2, 0.25) is 26.6 Å². The van der Waals surface area contributed by atoms with E-state index in [1.807, 2.05) is 36.1 Å². The Hall–Kier alpha value is -3.00. The van der Waals surface area contributed by atoms with Crippen molar-refractivity contribution in [3.8, 4) is 23.0 Å². The van der Waals surface area contributed by atoms with E-state index in [0.29, 0.717) is 48.3 Å². The van der Waals surface area contributed by atoms with Crippen molar-refractivity contribution < 1.29 is 22.3 Å². The van der Waals surface area contributed by atoms with Crippen LogP contribution in [0, 0.1) is 18.8 Å². The molecule has 8 heteroatoms. The van der Waals surface area contributed by atoms with Gasteiger partial charge in [-0.2, -0.15) is 4.98 Å². The first kappa shape index (κ1) is 21.8. The molecule has 1 fully saturated rings. The number of rotatable bonds is 4. The van der Waals surface area contributed by atoms with Crippen molar-refractivity contribution >= 4 is 15.7 Å². The van der Waals surface area contributed by atoms with Gasteiger partial charge < -0.3 is 18.8 Å². The molecule has 0 bridgehead atoms. The molecule has 3 aromatic rings. The predicted molar refractivity (Wildman–Crippen MR) is 125 cm³/mol. The summed E-state index contributed by atoms with van der Waals surface area (Å²) >= 11 is 0. The summed E-state index contributed by atoms with van der Waals surface area (Å²) in [5.41, 5.74) is 1.84. The molecule has 0 N–H and O–H groups in total. The van der Waals surface area contributed by atoms with Gasteiger partial charge in [0.1, 0.15) is 13.2 Å². The fraction of sp³-hybridized carbons (Fsp3) is 0.400. The number of ether oxygens (including phenoxy) is 2. The summed E-state index contributed by atoms with van der Waals surface area (Å²) in [7, 11) is -3.96. The van der Waals surface area contributed by atoms with Crippen LogP contribution in [0.3, 0.4) is 0 Å². The van der Waals surface area contributed by atoms with Crippen LogP contribution in [0.25, 0.3) is 11.5 Å². The number of hydrogen-bond acceptors (Lipinski definition) is 7. The number of anilines is 1. The molecule has 3 heterocycles. The number of fused-ring (bicyclic) bond motifs is 1. The van der Waals surface area contributed by atoms with Crippen LogP contribution >= 0.6 is 0 Å². The molecule has 2 aliphatic heterocycles. The monoisotopic (exact) mass is 468 g/mol. The molecule has 174 valence electrons. The first-order valence-corrected chi connectivity index (χ1v) is 12.8. The number of hydrogen-bond donors (Lipinski definition) is 0. The molecule has 7 nitrogen and oxygen atoms in total. The highest BCUT2D eigenvalue weighted by molar-refractivity contribution is 7.91. The smallest absolute Gasteiger partial charge is 0.236 e. The molecule has 2 unspecified atom stereocenters. The number of oxazole rings is 1. The standard InChI is InChI=1S/C25H28N2O5S/c1-16-4-6-19(7-5-16)23-26-24(25(32-23)27-14-17(2)12-18(3)15-27)33(28,29)20-8-9-21-22(13-20)31-11-10-30-21/h4-9,13,17-18H,10-12,14-15H2,1-3H3. The Morgan fingerprint density at radius 3 is 2.30 bits per heavy atom. The topological polar surface area (TPSA) is 81.9 Å². The Morgan fingerprint density at radius 1 is 0.939 bits per heavy atom. The molecule has 0 saturated carbocycles. The van der Waals surface area contributed by atoms with Gasteiger partial charge in [-0.1, -0.05) is 31.5 Å². The summed E-state index contributed by atoms with van der Waals surface area (Å²) in [4.78, 5) is 6.66. The van der Waals surface area contributed by atoms with Crippen molar-refractivity contribution in [1.82, 2.24) is 4.98 Å². The highest BCUT2D eigenvalue weighted by Crippen LogP contribution is 2.39. The Labute approximate surface area is 194 Å². The van der Waals surface area contributed by atoms with E-state index in [2.05, 4.69) is 18.8 Å². The Bertz CT molecular complexity index is 1260. The van der Waals surface area contributed by atoms with Crippen molar-refractivity contribution in [3.63, 3.8) is 0 Å². The molecule has 0 amide bonds. The van der Waals surface area contributed by atoms with E-state index in [1.54, 1.807) is 6.07 Å². The molecule has 0 radical (unpaired) electrons. The number of aryl methyl sites for hydroxylation is 1. The summed E-state index contributed by atoms with van der Waals surface area (Å²) in [5.74, 6) is 2.41. The number of sulfone groups is 1. The van der Waals surface area contributed by atoms with Gasteiger partial charge in [-0.25, -0.2) is 8.42 Å². The van der Waals surface area contributed by atoms with Gasteiger partial charge in [-0.05, 0) is 49.4 Å². The third-order valence-corrected chi connectivity index (χ3v) is 7.76. The molecule has 2 aliphatic rings. The maximum atomic E-state index is 13.8. The van der Waals surface area contributed by atoms with E-state index in [9.17, 15) is 8.42 Å². The van der Waals surface area contributed by atoms with Crippen molar-refractivity contribution in [2.75, 3.05) is 31.2 Å². The summed E-state index contributed by atoms with van der Waals surface area (Å²) < 4.78 is 44.9. The van der Waals surface area contributed by atoms with Crippen molar-refractivity contribution in [1.29, 1.82) is 0 Å². The Kier molecular flexibility index (Phi) is 5.56. The molecule has 1 saturated heterocycles. The molecule has 0 spiro atoms. The van der Waals surface area contributed by atoms with Crippen LogP contribution in [0.15, 0.2) is 56.8 Å². The lowest BCUT2D eigenvalue weighted by Gasteiger charge is -2.34. The summed E-state index contributed by atoms with van der Waals surface area (Å²) in [5, 5.41) is -0.0592. The normalized spacial score (nSPS) is 20.6. The van der Waals surface area contributed by atoms with Crippen LogP contribution in [-0.2, 0) is 9.84 Å².